The molecule has 162 valence electrons. The molecule has 0 bridgehead atoms. The van der Waals surface area contributed by atoms with Crippen molar-refractivity contribution in [3.63, 3.8) is 0 Å². The van der Waals surface area contributed by atoms with Crippen molar-refractivity contribution < 1.29 is 13.5 Å². The number of sulfone groups is 1. The summed E-state index contributed by atoms with van der Waals surface area (Å²) in [5, 5.41) is 9.99. The number of aliphatic hydroxyl groups is 1. The summed E-state index contributed by atoms with van der Waals surface area (Å²) >= 11 is 0. The van der Waals surface area contributed by atoms with E-state index in [9.17, 15) is 13.5 Å². The molecular formula is C25H38O3S. The van der Waals surface area contributed by atoms with Gasteiger partial charge >= 0.3 is 0 Å². The molecule has 3 aliphatic rings. The summed E-state index contributed by atoms with van der Waals surface area (Å²) in [5.41, 5.74) is 5.68. The van der Waals surface area contributed by atoms with Gasteiger partial charge in [-0.1, -0.05) is 55.4 Å². The lowest BCUT2D eigenvalue weighted by Crippen LogP contribution is -2.32. The summed E-state index contributed by atoms with van der Waals surface area (Å²) in [5.74, 6) is 1.29. The van der Waals surface area contributed by atoms with E-state index >= 15 is 0 Å². The van der Waals surface area contributed by atoms with Crippen molar-refractivity contribution in [3.05, 3.63) is 47.1 Å². The van der Waals surface area contributed by atoms with Crippen LogP contribution in [0.15, 0.2) is 47.1 Å². The van der Waals surface area contributed by atoms with Gasteiger partial charge in [-0.25, -0.2) is 8.42 Å². The van der Waals surface area contributed by atoms with Crippen molar-refractivity contribution in [1.29, 1.82) is 0 Å². The van der Waals surface area contributed by atoms with E-state index in [1.807, 2.05) is 0 Å². The molecule has 0 aromatic carbocycles. The van der Waals surface area contributed by atoms with Crippen LogP contribution in [0.4, 0.5) is 0 Å². The number of rotatable bonds is 6. The van der Waals surface area contributed by atoms with E-state index in [4.69, 9.17) is 0 Å². The number of allylic oxidation sites excluding steroid dienone is 6. The molecule has 0 amide bonds. The second kappa shape index (κ2) is 8.93. The summed E-state index contributed by atoms with van der Waals surface area (Å²) in [4.78, 5) is 0. The van der Waals surface area contributed by atoms with E-state index in [0.29, 0.717) is 17.6 Å². The maximum atomic E-state index is 11.5. The molecule has 0 aromatic rings. The van der Waals surface area contributed by atoms with E-state index in [1.54, 1.807) is 5.57 Å². The number of aliphatic hydroxyl groups excluding tert-OH is 1. The molecular weight excluding hydrogens is 380 g/mol. The van der Waals surface area contributed by atoms with E-state index in [-0.39, 0.29) is 11.5 Å². The van der Waals surface area contributed by atoms with Crippen molar-refractivity contribution in [2.75, 3.05) is 12.0 Å². The Morgan fingerprint density at radius 1 is 1.34 bits per heavy atom. The third-order valence-corrected chi connectivity index (χ3v) is 8.51. The predicted molar refractivity (Wildman–Crippen MR) is 121 cm³/mol. The van der Waals surface area contributed by atoms with Crippen molar-refractivity contribution in [3.8, 4) is 0 Å². The fourth-order valence-electron chi connectivity index (χ4n) is 5.82. The number of fused-ring (bicyclic) bond motifs is 1. The summed E-state index contributed by atoms with van der Waals surface area (Å²) in [6.07, 6.45) is 16.9. The van der Waals surface area contributed by atoms with Gasteiger partial charge in [-0.05, 0) is 80.6 Å². The van der Waals surface area contributed by atoms with Gasteiger partial charge in [0.1, 0.15) is 9.84 Å². The minimum atomic E-state index is -2.88. The van der Waals surface area contributed by atoms with Crippen LogP contribution in [0.1, 0.15) is 71.6 Å². The minimum absolute atomic E-state index is 0.205. The van der Waals surface area contributed by atoms with Crippen LogP contribution >= 0.6 is 0 Å². The summed E-state index contributed by atoms with van der Waals surface area (Å²) < 4.78 is 22.9. The van der Waals surface area contributed by atoms with E-state index in [0.717, 1.165) is 44.9 Å². The van der Waals surface area contributed by atoms with Gasteiger partial charge in [-0.2, -0.15) is 0 Å². The third kappa shape index (κ3) is 5.32. The zero-order valence-electron chi connectivity index (χ0n) is 18.4. The second-order valence-corrected chi connectivity index (χ2v) is 12.1. The van der Waals surface area contributed by atoms with Crippen LogP contribution in [0.5, 0.6) is 0 Å². The Morgan fingerprint density at radius 2 is 2.10 bits per heavy atom. The van der Waals surface area contributed by atoms with Gasteiger partial charge in [0.2, 0.25) is 0 Å². The Labute approximate surface area is 177 Å². The Bertz CT molecular complexity index is 830. The lowest BCUT2D eigenvalue weighted by molar-refractivity contribution is 0.158. The highest BCUT2D eigenvalue weighted by molar-refractivity contribution is 7.90. The molecule has 0 spiro atoms. The van der Waals surface area contributed by atoms with Crippen LogP contribution in [0.25, 0.3) is 0 Å². The largest absolute Gasteiger partial charge is 0.393 e. The molecule has 0 aliphatic heterocycles. The zero-order valence-corrected chi connectivity index (χ0v) is 19.2. The van der Waals surface area contributed by atoms with Crippen LogP contribution in [0, 0.1) is 17.3 Å². The molecule has 3 rings (SSSR count). The maximum Gasteiger partial charge on any atom is 0.147 e. The highest BCUT2D eigenvalue weighted by Crippen LogP contribution is 2.57. The molecule has 0 aromatic heterocycles. The molecule has 29 heavy (non-hydrogen) atoms. The number of hydrogen-bond donors (Lipinski definition) is 1. The van der Waals surface area contributed by atoms with E-state index in [2.05, 4.69) is 38.7 Å². The zero-order chi connectivity index (χ0) is 21.2. The fourth-order valence-corrected chi connectivity index (χ4v) is 6.51. The first kappa shape index (κ1) is 22.6. The molecule has 4 heteroatoms. The lowest BCUT2D eigenvalue weighted by atomic mass is 9.62. The first-order valence-corrected chi connectivity index (χ1v) is 13.3. The van der Waals surface area contributed by atoms with E-state index < -0.39 is 9.84 Å². The summed E-state index contributed by atoms with van der Waals surface area (Å²) in [6.45, 7) is 8.89. The van der Waals surface area contributed by atoms with Gasteiger partial charge in [0.15, 0.2) is 0 Å². The summed E-state index contributed by atoms with van der Waals surface area (Å²) in [6, 6.07) is 0. The Kier molecular flexibility index (Phi) is 6.95. The van der Waals surface area contributed by atoms with Crippen LogP contribution in [0.2, 0.25) is 0 Å². The number of hydrogen-bond acceptors (Lipinski definition) is 3. The summed E-state index contributed by atoms with van der Waals surface area (Å²) in [7, 11) is -2.88. The van der Waals surface area contributed by atoms with E-state index in [1.165, 1.54) is 35.8 Å². The van der Waals surface area contributed by atoms with Crippen LogP contribution < -0.4 is 0 Å². The highest BCUT2D eigenvalue weighted by Gasteiger charge is 2.45. The topological polar surface area (TPSA) is 54.4 Å². The highest BCUT2D eigenvalue weighted by atomic mass is 32.2. The van der Waals surface area contributed by atoms with Gasteiger partial charge in [0, 0.05) is 12.0 Å². The second-order valence-electron chi connectivity index (χ2n) is 9.83. The molecule has 3 aliphatic carbocycles. The molecule has 2 fully saturated rings. The van der Waals surface area contributed by atoms with Crippen molar-refractivity contribution >= 4 is 9.84 Å². The molecule has 4 atom stereocenters. The third-order valence-electron chi connectivity index (χ3n) is 7.48. The van der Waals surface area contributed by atoms with Crippen molar-refractivity contribution in [1.82, 2.24) is 0 Å². The quantitative estimate of drug-likeness (QED) is 0.576. The Morgan fingerprint density at radius 3 is 2.83 bits per heavy atom. The molecule has 0 saturated heterocycles. The minimum Gasteiger partial charge on any atom is -0.393 e. The van der Waals surface area contributed by atoms with Gasteiger partial charge in [-0.3, -0.25) is 0 Å². The van der Waals surface area contributed by atoms with Gasteiger partial charge in [0.05, 0.1) is 6.10 Å². The monoisotopic (exact) mass is 418 g/mol. The average molecular weight is 419 g/mol. The SMILES string of the molecule is C=C1CCC(O)C/C1=C/C=C1\CCCC2(C)C(C(C)CCCS(C)(=O)=O)=CCC12. The maximum absolute atomic E-state index is 11.5. The predicted octanol–water partition coefficient (Wildman–Crippen LogP) is 5.54. The molecule has 0 heterocycles. The first-order chi connectivity index (χ1) is 13.6. The molecule has 4 unspecified atom stereocenters. The standard InChI is InChI=1S/C25H38O3S/c1-18-9-12-22(26)17-21(18)11-10-20-8-5-15-25(3)23(13-14-24(20)25)19(2)7-6-16-29(4,27)28/h10-11,13,19,22,24,26H,1,5-9,12,14-17H2,2-4H3/b20-10+,21-11-. The van der Waals surface area contributed by atoms with Gasteiger partial charge in [-0.15, -0.1) is 0 Å². The fraction of sp³-hybridized carbons (Fsp3) is 0.680. The van der Waals surface area contributed by atoms with Crippen LogP contribution in [0.3, 0.4) is 0 Å². The lowest BCUT2D eigenvalue weighted by Gasteiger charge is -2.42. The average Bonchev–Trinajstić information content (AvgIpc) is 2.99. The Balaban J connectivity index is 1.71. The normalized spacial score (nSPS) is 34.3. The van der Waals surface area contributed by atoms with Crippen LogP contribution in [-0.4, -0.2) is 31.6 Å². The van der Waals surface area contributed by atoms with Gasteiger partial charge in [0.25, 0.3) is 0 Å². The Hall–Kier alpha value is -1.13. The van der Waals surface area contributed by atoms with Gasteiger partial charge < -0.3 is 5.11 Å². The molecule has 2 saturated carbocycles. The van der Waals surface area contributed by atoms with Crippen molar-refractivity contribution in [2.24, 2.45) is 17.3 Å². The molecule has 0 radical (unpaired) electrons. The smallest absolute Gasteiger partial charge is 0.147 e. The molecule has 1 N–H and O–H groups in total. The molecule has 3 nitrogen and oxygen atoms in total. The van der Waals surface area contributed by atoms with Crippen molar-refractivity contribution in [2.45, 2.75) is 77.7 Å². The van der Waals surface area contributed by atoms with Crippen LogP contribution in [-0.2, 0) is 9.84 Å². The first-order valence-electron chi connectivity index (χ1n) is 11.2.